The minimum Gasteiger partial charge on any atom is -0.352 e. The van der Waals surface area contributed by atoms with Crippen molar-refractivity contribution < 1.29 is 4.39 Å². The zero-order valence-electron chi connectivity index (χ0n) is 18.6. The van der Waals surface area contributed by atoms with Gasteiger partial charge in [0.1, 0.15) is 5.82 Å². The van der Waals surface area contributed by atoms with Crippen molar-refractivity contribution in [3.63, 3.8) is 0 Å². The zero-order chi connectivity index (χ0) is 22.9. The summed E-state index contributed by atoms with van der Waals surface area (Å²) < 4.78 is 15.7. The summed E-state index contributed by atoms with van der Waals surface area (Å²) in [4.78, 5) is 6.89. The highest BCUT2D eigenvalue weighted by molar-refractivity contribution is 7.80. The summed E-state index contributed by atoms with van der Waals surface area (Å²) in [6.45, 7) is 4.89. The Morgan fingerprint density at radius 1 is 0.970 bits per heavy atom. The third-order valence-corrected chi connectivity index (χ3v) is 6.62. The van der Waals surface area contributed by atoms with E-state index in [2.05, 4.69) is 51.8 Å². The highest BCUT2D eigenvalue weighted by atomic mass is 32.1. The van der Waals surface area contributed by atoms with Gasteiger partial charge in [-0.25, -0.2) is 4.39 Å². The number of nitrogens with zero attached hydrogens (tertiary/aromatic N) is 3. The predicted octanol–water partition coefficient (Wildman–Crippen LogP) is 5.80. The third kappa shape index (κ3) is 4.02. The number of halogens is 1. The van der Waals surface area contributed by atoms with Crippen LogP contribution >= 0.6 is 12.2 Å². The fourth-order valence-corrected chi connectivity index (χ4v) is 5.07. The number of nitrogens with one attached hydrogen (secondary N) is 1. The first-order valence-electron chi connectivity index (χ1n) is 11.0. The van der Waals surface area contributed by atoms with Gasteiger partial charge in [-0.2, -0.15) is 0 Å². The molecule has 1 aliphatic heterocycles. The average molecular weight is 457 g/mol. The predicted molar refractivity (Wildman–Crippen MR) is 133 cm³/mol. The molecule has 0 saturated carbocycles. The number of rotatable bonds is 5. The second kappa shape index (κ2) is 8.79. The van der Waals surface area contributed by atoms with Crippen LogP contribution in [-0.4, -0.2) is 19.6 Å². The van der Waals surface area contributed by atoms with Crippen molar-refractivity contribution in [2.24, 2.45) is 0 Å². The monoisotopic (exact) mass is 456 g/mol. The Morgan fingerprint density at radius 2 is 1.70 bits per heavy atom. The molecule has 1 fully saturated rings. The Labute approximate surface area is 198 Å². The van der Waals surface area contributed by atoms with E-state index in [-0.39, 0.29) is 17.9 Å². The van der Waals surface area contributed by atoms with Gasteiger partial charge >= 0.3 is 0 Å². The van der Waals surface area contributed by atoms with Gasteiger partial charge in [0.05, 0.1) is 17.8 Å². The molecule has 1 N–H and O–H groups in total. The van der Waals surface area contributed by atoms with E-state index in [1.54, 1.807) is 0 Å². The minimum atomic E-state index is -0.240. The van der Waals surface area contributed by atoms with Crippen molar-refractivity contribution in [3.05, 3.63) is 119 Å². The smallest absolute Gasteiger partial charge is 0.170 e. The van der Waals surface area contributed by atoms with Crippen LogP contribution in [0.5, 0.6) is 0 Å². The molecule has 4 aromatic rings. The molecule has 5 rings (SSSR count). The van der Waals surface area contributed by atoms with Crippen molar-refractivity contribution in [1.29, 1.82) is 0 Å². The van der Waals surface area contributed by atoms with Crippen molar-refractivity contribution in [2.45, 2.75) is 32.5 Å². The second-order valence-electron chi connectivity index (χ2n) is 8.38. The van der Waals surface area contributed by atoms with Gasteiger partial charge in [0.2, 0.25) is 0 Å². The van der Waals surface area contributed by atoms with Gasteiger partial charge in [-0.3, -0.25) is 4.98 Å². The van der Waals surface area contributed by atoms with E-state index in [1.165, 1.54) is 23.3 Å². The fraction of sp³-hybridized carbons (Fsp3) is 0.185. The first-order chi connectivity index (χ1) is 16.0. The van der Waals surface area contributed by atoms with E-state index in [4.69, 9.17) is 12.2 Å². The highest BCUT2D eigenvalue weighted by Crippen LogP contribution is 2.42. The van der Waals surface area contributed by atoms with E-state index in [0.717, 1.165) is 22.8 Å². The van der Waals surface area contributed by atoms with Crippen LogP contribution in [0.2, 0.25) is 0 Å². The van der Waals surface area contributed by atoms with E-state index in [0.29, 0.717) is 11.7 Å². The van der Waals surface area contributed by atoms with Gasteiger partial charge in [0.15, 0.2) is 5.11 Å². The summed E-state index contributed by atoms with van der Waals surface area (Å²) in [6.07, 6.45) is 1.82. The molecule has 33 heavy (non-hydrogen) atoms. The SMILES string of the molecule is Cc1cc([C@H]2[C@@H](c3ccccn3)NC(=S)N2Cc2ccccc2)c(C)n1-c1ccc(F)cc1. The molecule has 2 aromatic carbocycles. The van der Waals surface area contributed by atoms with Crippen molar-refractivity contribution in [2.75, 3.05) is 0 Å². The highest BCUT2D eigenvalue weighted by Gasteiger charge is 2.41. The van der Waals surface area contributed by atoms with Crippen LogP contribution < -0.4 is 5.32 Å². The van der Waals surface area contributed by atoms with E-state index in [1.807, 2.05) is 54.7 Å². The van der Waals surface area contributed by atoms with E-state index in [9.17, 15) is 4.39 Å². The van der Waals surface area contributed by atoms with Crippen LogP contribution in [-0.2, 0) is 6.54 Å². The molecule has 3 heterocycles. The molecule has 0 bridgehead atoms. The molecule has 4 nitrogen and oxygen atoms in total. The Morgan fingerprint density at radius 3 is 2.39 bits per heavy atom. The average Bonchev–Trinajstić information content (AvgIpc) is 3.31. The summed E-state index contributed by atoms with van der Waals surface area (Å²) >= 11 is 5.82. The molecular weight excluding hydrogens is 431 g/mol. The Bertz CT molecular complexity index is 1270. The van der Waals surface area contributed by atoms with Crippen molar-refractivity contribution >= 4 is 17.3 Å². The topological polar surface area (TPSA) is 33.1 Å². The normalized spacial score (nSPS) is 17.9. The van der Waals surface area contributed by atoms with Crippen LogP contribution in [0.15, 0.2) is 85.1 Å². The Kier molecular flexibility index (Phi) is 5.68. The number of pyridine rings is 1. The maximum absolute atomic E-state index is 13.5. The number of hydrogen-bond donors (Lipinski definition) is 1. The van der Waals surface area contributed by atoms with Crippen LogP contribution in [0.25, 0.3) is 5.69 Å². The Hall–Kier alpha value is -3.51. The van der Waals surface area contributed by atoms with Crippen LogP contribution in [0.3, 0.4) is 0 Å². The standard InChI is InChI=1S/C27H25FN4S/c1-18-16-23(19(2)32(18)22-13-11-21(28)12-14-22)26-25(24-10-6-7-15-29-24)30-27(33)31(26)17-20-8-4-3-5-9-20/h3-16,25-26H,17H2,1-2H3,(H,30,33)/t25-,26+/m1/s1. The quantitative estimate of drug-likeness (QED) is 0.385. The van der Waals surface area contributed by atoms with Gasteiger partial charge in [-0.1, -0.05) is 36.4 Å². The molecule has 0 amide bonds. The summed E-state index contributed by atoms with van der Waals surface area (Å²) in [5, 5.41) is 4.24. The molecule has 1 saturated heterocycles. The number of aromatic nitrogens is 2. The van der Waals surface area contributed by atoms with E-state index < -0.39 is 0 Å². The molecular formula is C27H25FN4S. The second-order valence-corrected chi connectivity index (χ2v) is 8.77. The number of benzene rings is 2. The first kappa shape index (κ1) is 21.3. The Balaban J connectivity index is 1.61. The van der Waals surface area contributed by atoms with Crippen LogP contribution in [0.1, 0.15) is 40.3 Å². The van der Waals surface area contributed by atoms with Crippen LogP contribution in [0.4, 0.5) is 4.39 Å². The molecule has 166 valence electrons. The molecule has 1 aliphatic rings. The van der Waals surface area contributed by atoms with Gasteiger partial charge in [0.25, 0.3) is 0 Å². The molecule has 2 aromatic heterocycles. The maximum atomic E-state index is 13.5. The molecule has 2 atom stereocenters. The van der Waals surface area contributed by atoms with Crippen molar-refractivity contribution in [1.82, 2.24) is 19.8 Å². The fourth-order valence-electron chi connectivity index (χ4n) is 4.77. The lowest BCUT2D eigenvalue weighted by molar-refractivity contribution is 0.310. The number of hydrogen-bond acceptors (Lipinski definition) is 2. The van der Waals surface area contributed by atoms with Gasteiger partial charge < -0.3 is 14.8 Å². The third-order valence-electron chi connectivity index (χ3n) is 6.27. The van der Waals surface area contributed by atoms with E-state index >= 15 is 0 Å². The summed E-state index contributed by atoms with van der Waals surface area (Å²) in [6, 6.07) is 25.1. The molecule has 0 radical (unpaired) electrons. The lowest BCUT2D eigenvalue weighted by Gasteiger charge is -2.28. The first-order valence-corrected chi connectivity index (χ1v) is 11.4. The van der Waals surface area contributed by atoms with Gasteiger partial charge in [-0.05, 0) is 79.7 Å². The van der Waals surface area contributed by atoms with Gasteiger partial charge in [-0.15, -0.1) is 0 Å². The lowest BCUT2D eigenvalue weighted by Crippen LogP contribution is -2.29. The largest absolute Gasteiger partial charge is 0.352 e. The summed E-state index contributed by atoms with van der Waals surface area (Å²) in [5.74, 6) is -0.240. The summed E-state index contributed by atoms with van der Waals surface area (Å²) in [5.41, 5.74) is 6.46. The molecule has 0 aliphatic carbocycles. The van der Waals surface area contributed by atoms with Gasteiger partial charge in [0, 0.05) is 29.8 Å². The maximum Gasteiger partial charge on any atom is 0.170 e. The number of thiocarbonyl (C=S) groups is 1. The molecule has 0 unspecified atom stereocenters. The van der Waals surface area contributed by atoms with Crippen molar-refractivity contribution in [3.8, 4) is 5.69 Å². The zero-order valence-corrected chi connectivity index (χ0v) is 19.4. The summed E-state index contributed by atoms with van der Waals surface area (Å²) in [7, 11) is 0. The molecule has 6 heteroatoms. The lowest BCUT2D eigenvalue weighted by atomic mass is 9.96. The molecule has 0 spiro atoms. The number of aryl methyl sites for hydroxylation is 1. The minimum absolute atomic E-state index is 0.0343. The van der Waals surface area contributed by atoms with Crippen LogP contribution in [0, 0.1) is 19.7 Å².